The SMILES string of the molecule is C#CCNc1cc(Br)nc(C(C)C)n1. The number of hydrogen-bond acceptors (Lipinski definition) is 3. The summed E-state index contributed by atoms with van der Waals surface area (Å²) in [5.41, 5.74) is 0. The van der Waals surface area contributed by atoms with Crippen LogP contribution in [0.25, 0.3) is 0 Å². The van der Waals surface area contributed by atoms with Gasteiger partial charge in [0.05, 0.1) is 6.54 Å². The molecular formula is C10H12BrN3. The summed E-state index contributed by atoms with van der Waals surface area (Å²) in [6, 6.07) is 1.81. The summed E-state index contributed by atoms with van der Waals surface area (Å²) in [4.78, 5) is 8.58. The van der Waals surface area contributed by atoms with Gasteiger partial charge in [-0.05, 0) is 15.9 Å². The van der Waals surface area contributed by atoms with Crippen LogP contribution in [0.2, 0.25) is 0 Å². The Labute approximate surface area is 92.5 Å². The molecule has 1 aromatic rings. The molecule has 1 aromatic heterocycles. The summed E-state index contributed by atoms with van der Waals surface area (Å²) < 4.78 is 0.774. The summed E-state index contributed by atoms with van der Waals surface area (Å²) in [7, 11) is 0. The summed E-state index contributed by atoms with van der Waals surface area (Å²) in [6.07, 6.45) is 5.14. The van der Waals surface area contributed by atoms with Gasteiger partial charge >= 0.3 is 0 Å². The average molecular weight is 254 g/mol. The number of nitrogens with one attached hydrogen (secondary N) is 1. The lowest BCUT2D eigenvalue weighted by molar-refractivity contribution is 0.770. The molecule has 14 heavy (non-hydrogen) atoms. The molecule has 0 unspecified atom stereocenters. The third-order valence-electron chi connectivity index (χ3n) is 1.60. The van der Waals surface area contributed by atoms with Crippen LogP contribution in [0.1, 0.15) is 25.6 Å². The number of terminal acetylenes is 1. The molecule has 0 spiro atoms. The fraction of sp³-hybridized carbons (Fsp3) is 0.400. The highest BCUT2D eigenvalue weighted by atomic mass is 79.9. The van der Waals surface area contributed by atoms with E-state index in [2.05, 4.69) is 37.1 Å². The maximum absolute atomic E-state index is 5.14. The highest BCUT2D eigenvalue weighted by Crippen LogP contribution is 2.16. The molecule has 1 rings (SSSR count). The van der Waals surface area contributed by atoms with E-state index in [1.54, 1.807) is 0 Å². The normalized spacial score (nSPS) is 9.93. The van der Waals surface area contributed by atoms with Gasteiger partial charge in [0, 0.05) is 12.0 Å². The van der Waals surface area contributed by atoms with Crippen molar-refractivity contribution in [2.45, 2.75) is 19.8 Å². The second kappa shape index (κ2) is 4.97. The second-order valence-electron chi connectivity index (χ2n) is 3.15. The predicted molar refractivity (Wildman–Crippen MR) is 61.1 cm³/mol. The summed E-state index contributed by atoms with van der Waals surface area (Å²) >= 11 is 3.33. The molecule has 0 saturated heterocycles. The van der Waals surface area contributed by atoms with Crippen molar-refractivity contribution in [2.75, 3.05) is 11.9 Å². The Hall–Kier alpha value is -1.08. The first kappa shape index (κ1) is 11.0. The van der Waals surface area contributed by atoms with Gasteiger partial charge in [0.25, 0.3) is 0 Å². The van der Waals surface area contributed by atoms with Gasteiger partial charge in [-0.2, -0.15) is 0 Å². The largest absolute Gasteiger partial charge is 0.359 e. The Morgan fingerprint density at radius 2 is 2.29 bits per heavy atom. The van der Waals surface area contributed by atoms with Crippen molar-refractivity contribution in [3.05, 3.63) is 16.5 Å². The van der Waals surface area contributed by atoms with Gasteiger partial charge in [-0.15, -0.1) is 6.42 Å². The monoisotopic (exact) mass is 253 g/mol. The van der Waals surface area contributed by atoms with E-state index < -0.39 is 0 Å². The summed E-state index contributed by atoms with van der Waals surface area (Å²) in [6.45, 7) is 4.57. The van der Waals surface area contributed by atoms with Crippen molar-refractivity contribution in [1.29, 1.82) is 0 Å². The lowest BCUT2D eigenvalue weighted by atomic mass is 10.2. The van der Waals surface area contributed by atoms with E-state index in [-0.39, 0.29) is 0 Å². The van der Waals surface area contributed by atoms with Gasteiger partial charge in [-0.1, -0.05) is 19.8 Å². The molecule has 3 nitrogen and oxygen atoms in total. The minimum Gasteiger partial charge on any atom is -0.359 e. The molecule has 0 aliphatic rings. The van der Waals surface area contributed by atoms with Gasteiger partial charge in [0.15, 0.2) is 0 Å². The number of nitrogens with zero attached hydrogens (tertiary/aromatic N) is 2. The Bertz CT molecular complexity index is 355. The maximum atomic E-state index is 5.14. The first-order valence-electron chi connectivity index (χ1n) is 4.35. The van der Waals surface area contributed by atoms with E-state index in [1.807, 2.05) is 19.9 Å². The van der Waals surface area contributed by atoms with E-state index >= 15 is 0 Å². The fourth-order valence-corrected chi connectivity index (χ4v) is 1.32. The predicted octanol–water partition coefficient (Wildman–Crippen LogP) is 2.41. The molecule has 0 radical (unpaired) electrons. The first-order valence-corrected chi connectivity index (χ1v) is 5.14. The molecule has 1 N–H and O–H groups in total. The van der Waals surface area contributed by atoms with Crippen molar-refractivity contribution in [3.63, 3.8) is 0 Å². The number of halogens is 1. The van der Waals surface area contributed by atoms with E-state index in [1.165, 1.54) is 0 Å². The van der Waals surface area contributed by atoms with Crippen molar-refractivity contribution in [3.8, 4) is 12.3 Å². The van der Waals surface area contributed by atoms with Crippen LogP contribution in [0, 0.1) is 12.3 Å². The van der Waals surface area contributed by atoms with Crippen LogP contribution in [0.3, 0.4) is 0 Å². The molecule has 0 aliphatic carbocycles. The van der Waals surface area contributed by atoms with Gasteiger partial charge in [0.2, 0.25) is 0 Å². The molecule has 4 heteroatoms. The number of aromatic nitrogens is 2. The fourth-order valence-electron chi connectivity index (χ4n) is 0.926. The Kier molecular flexibility index (Phi) is 3.90. The lowest BCUT2D eigenvalue weighted by Crippen LogP contribution is -2.05. The molecule has 1 heterocycles. The molecule has 0 amide bonds. The zero-order chi connectivity index (χ0) is 10.6. The minimum atomic E-state index is 0.305. The van der Waals surface area contributed by atoms with E-state index in [0.29, 0.717) is 12.5 Å². The van der Waals surface area contributed by atoms with E-state index in [4.69, 9.17) is 6.42 Å². The van der Waals surface area contributed by atoms with Crippen LogP contribution < -0.4 is 5.32 Å². The summed E-state index contributed by atoms with van der Waals surface area (Å²) in [5, 5.41) is 3.01. The minimum absolute atomic E-state index is 0.305. The smallest absolute Gasteiger partial charge is 0.134 e. The number of hydrogen-bond donors (Lipinski definition) is 1. The van der Waals surface area contributed by atoms with Gasteiger partial charge in [-0.25, -0.2) is 9.97 Å². The average Bonchev–Trinajstić information content (AvgIpc) is 2.14. The maximum Gasteiger partial charge on any atom is 0.134 e. The van der Waals surface area contributed by atoms with Crippen molar-refractivity contribution in [1.82, 2.24) is 9.97 Å². The number of anilines is 1. The molecule has 0 aromatic carbocycles. The molecule has 0 bridgehead atoms. The standard InChI is InChI=1S/C10H12BrN3/c1-4-5-12-9-6-8(11)13-10(14-9)7(2)3/h1,6-7H,5H2,2-3H3,(H,12,13,14). The molecule has 0 saturated carbocycles. The second-order valence-corrected chi connectivity index (χ2v) is 3.96. The van der Waals surface area contributed by atoms with Gasteiger partial charge in [-0.3, -0.25) is 0 Å². The van der Waals surface area contributed by atoms with Crippen LogP contribution in [-0.2, 0) is 0 Å². The third-order valence-corrected chi connectivity index (χ3v) is 2.01. The third kappa shape index (κ3) is 3.00. The van der Waals surface area contributed by atoms with E-state index in [0.717, 1.165) is 16.2 Å². The molecule has 74 valence electrons. The number of rotatable bonds is 3. The van der Waals surface area contributed by atoms with Crippen molar-refractivity contribution in [2.24, 2.45) is 0 Å². The van der Waals surface area contributed by atoms with Crippen LogP contribution >= 0.6 is 15.9 Å². The lowest BCUT2D eigenvalue weighted by Gasteiger charge is -2.07. The summed E-state index contributed by atoms with van der Waals surface area (Å²) in [5.74, 6) is 4.36. The molecule has 0 atom stereocenters. The van der Waals surface area contributed by atoms with Crippen LogP contribution in [0.15, 0.2) is 10.7 Å². The molecular weight excluding hydrogens is 242 g/mol. The van der Waals surface area contributed by atoms with Crippen LogP contribution in [0.5, 0.6) is 0 Å². The van der Waals surface area contributed by atoms with E-state index in [9.17, 15) is 0 Å². The Morgan fingerprint density at radius 1 is 1.57 bits per heavy atom. The van der Waals surface area contributed by atoms with Gasteiger partial charge < -0.3 is 5.32 Å². The van der Waals surface area contributed by atoms with Crippen molar-refractivity contribution >= 4 is 21.7 Å². The highest BCUT2D eigenvalue weighted by molar-refractivity contribution is 9.10. The molecule has 0 aliphatic heterocycles. The Balaban J connectivity index is 2.90. The molecule has 0 fully saturated rings. The quantitative estimate of drug-likeness (QED) is 0.664. The zero-order valence-electron chi connectivity index (χ0n) is 8.21. The van der Waals surface area contributed by atoms with Crippen LogP contribution in [0.4, 0.5) is 5.82 Å². The topological polar surface area (TPSA) is 37.8 Å². The van der Waals surface area contributed by atoms with Crippen molar-refractivity contribution < 1.29 is 0 Å². The van der Waals surface area contributed by atoms with Gasteiger partial charge in [0.1, 0.15) is 16.2 Å². The first-order chi connectivity index (χ1) is 6.63. The highest BCUT2D eigenvalue weighted by Gasteiger charge is 2.05. The zero-order valence-corrected chi connectivity index (χ0v) is 9.80. The Morgan fingerprint density at radius 3 is 2.86 bits per heavy atom. The van der Waals surface area contributed by atoms with Crippen LogP contribution in [-0.4, -0.2) is 16.5 Å².